The average molecular weight is 261 g/mol. The van der Waals surface area contributed by atoms with Crippen molar-refractivity contribution in [2.45, 2.75) is 12.5 Å². The van der Waals surface area contributed by atoms with Crippen LogP contribution in [0, 0.1) is 0 Å². The smallest absolute Gasteiger partial charge is 0.241 e. The van der Waals surface area contributed by atoms with E-state index in [2.05, 4.69) is 10.3 Å². The number of nitrogens with one attached hydrogen (secondary N) is 1. The lowest BCUT2D eigenvalue weighted by Gasteiger charge is -2.11. The van der Waals surface area contributed by atoms with Gasteiger partial charge in [-0.1, -0.05) is 30.3 Å². The number of nitrogens with zero attached hydrogens (tertiary/aromatic N) is 1. The number of carbonyl (C=O) groups is 1. The molecular weight excluding hydrogens is 246 g/mol. The molecule has 0 aliphatic heterocycles. The first-order chi connectivity index (χ1) is 8.77. The second-order valence-corrected chi connectivity index (χ2v) is 4.83. The number of benzene rings is 1. The zero-order valence-electron chi connectivity index (χ0n) is 9.87. The van der Waals surface area contributed by atoms with Gasteiger partial charge in [0.25, 0.3) is 0 Å². The summed E-state index contributed by atoms with van der Waals surface area (Å²) in [4.78, 5) is 16.0. The first-order valence-electron chi connectivity index (χ1n) is 5.74. The van der Waals surface area contributed by atoms with Crippen molar-refractivity contribution in [3.63, 3.8) is 0 Å². The van der Waals surface area contributed by atoms with Crippen LogP contribution < -0.4 is 11.1 Å². The predicted octanol–water partition coefficient (Wildman–Crippen LogP) is 1.50. The van der Waals surface area contributed by atoms with Crippen molar-refractivity contribution >= 4 is 17.2 Å². The molecule has 1 atom stereocenters. The molecule has 2 aromatic rings. The molecule has 94 valence electrons. The van der Waals surface area contributed by atoms with Crippen molar-refractivity contribution in [2.75, 3.05) is 6.54 Å². The van der Waals surface area contributed by atoms with E-state index >= 15 is 0 Å². The predicted molar refractivity (Wildman–Crippen MR) is 72.2 cm³/mol. The highest BCUT2D eigenvalue weighted by molar-refractivity contribution is 7.09. The summed E-state index contributed by atoms with van der Waals surface area (Å²) in [6.45, 7) is 0.562. The Labute approximate surface area is 110 Å². The minimum absolute atomic E-state index is 0.155. The Morgan fingerprint density at radius 1 is 1.39 bits per heavy atom. The summed E-state index contributed by atoms with van der Waals surface area (Å²) in [5, 5.41) is 5.76. The first-order valence-corrected chi connectivity index (χ1v) is 6.62. The van der Waals surface area contributed by atoms with E-state index in [1.165, 1.54) is 0 Å². The number of aromatic nitrogens is 1. The lowest BCUT2D eigenvalue weighted by atomic mass is 10.1. The van der Waals surface area contributed by atoms with Crippen LogP contribution in [0.3, 0.4) is 0 Å². The van der Waals surface area contributed by atoms with Gasteiger partial charge in [0.2, 0.25) is 5.91 Å². The topological polar surface area (TPSA) is 68.0 Å². The van der Waals surface area contributed by atoms with Crippen LogP contribution in [0.2, 0.25) is 0 Å². The molecule has 1 heterocycles. The van der Waals surface area contributed by atoms with Gasteiger partial charge >= 0.3 is 0 Å². The molecule has 3 N–H and O–H groups in total. The summed E-state index contributed by atoms with van der Waals surface area (Å²) in [5.41, 5.74) is 6.70. The summed E-state index contributed by atoms with van der Waals surface area (Å²) in [5.74, 6) is -0.155. The van der Waals surface area contributed by atoms with Crippen LogP contribution >= 0.6 is 11.3 Å². The Hall–Kier alpha value is -1.72. The second-order valence-electron chi connectivity index (χ2n) is 3.86. The van der Waals surface area contributed by atoms with Crippen LogP contribution in [0.15, 0.2) is 41.9 Å². The number of carbonyl (C=O) groups excluding carboxylic acids is 1. The largest absolute Gasteiger partial charge is 0.354 e. The molecule has 0 aliphatic carbocycles. The van der Waals surface area contributed by atoms with E-state index in [9.17, 15) is 4.79 Å². The van der Waals surface area contributed by atoms with Gasteiger partial charge in [-0.2, -0.15) is 0 Å². The van der Waals surface area contributed by atoms with E-state index in [4.69, 9.17) is 5.73 Å². The van der Waals surface area contributed by atoms with Gasteiger partial charge < -0.3 is 11.1 Å². The highest BCUT2D eigenvalue weighted by Gasteiger charge is 2.14. The van der Waals surface area contributed by atoms with Crippen LogP contribution in [-0.4, -0.2) is 17.4 Å². The van der Waals surface area contributed by atoms with E-state index in [0.717, 1.165) is 17.0 Å². The van der Waals surface area contributed by atoms with E-state index in [-0.39, 0.29) is 5.91 Å². The summed E-state index contributed by atoms with van der Waals surface area (Å²) in [6.07, 6.45) is 2.50. The van der Waals surface area contributed by atoms with Crippen LogP contribution in [0.1, 0.15) is 16.6 Å². The number of hydrogen-bond acceptors (Lipinski definition) is 4. The van der Waals surface area contributed by atoms with E-state index < -0.39 is 6.04 Å². The summed E-state index contributed by atoms with van der Waals surface area (Å²) in [7, 11) is 0. The standard InChI is InChI=1S/C13H15N3OS/c14-12(10-4-2-1-3-5-10)13(17)16-7-6-11-15-8-9-18-11/h1-5,8-9,12H,6-7,14H2,(H,16,17). The minimum atomic E-state index is -0.609. The van der Waals surface area contributed by atoms with Crippen molar-refractivity contribution in [2.24, 2.45) is 5.73 Å². The van der Waals surface area contributed by atoms with Gasteiger partial charge in [0.15, 0.2) is 0 Å². The molecule has 1 amide bonds. The number of amides is 1. The van der Waals surface area contributed by atoms with Crippen molar-refractivity contribution in [1.82, 2.24) is 10.3 Å². The molecule has 18 heavy (non-hydrogen) atoms. The molecule has 0 aliphatic rings. The fraction of sp³-hybridized carbons (Fsp3) is 0.231. The van der Waals surface area contributed by atoms with Gasteiger partial charge in [-0.05, 0) is 5.56 Å². The SMILES string of the molecule is NC(C(=O)NCCc1nccs1)c1ccccc1. The van der Waals surface area contributed by atoms with Crippen molar-refractivity contribution in [1.29, 1.82) is 0 Å². The highest BCUT2D eigenvalue weighted by Crippen LogP contribution is 2.09. The molecular formula is C13H15N3OS. The fourth-order valence-electron chi connectivity index (χ4n) is 1.59. The second kappa shape index (κ2) is 6.28. The van der Waals surface area contributed by atoms with E-state index in [0.29, 0.717) is 6.54 Å². The molecule has 1 aromatic heterocycles. The molecule has 0 fully saturated rings. The minimum Gasteiger partial charge on any atom is -0.354 e. The number of hydrogen-bond donors (Lipinski definition) is 2. The lowest BCUT2D eigenvalue weighted by molar-refractivity contribution is -0.122. The summed E-state index contributed by atoms with van der Waals surface area (Å²) in [6, 6.07) is 8.74. The number of thiazole rings is 1. The van der Waals surface area contributed by atoms with Gasteiger partial charge in [0.1, 0.15) is 6.04 Å². The van der Waals surface area contributed by atoms with Crippen molar-refractivity contribution in [3.8, 4) is 0 Å². The lowest BCUT2D eigenvalue weighted by Crippen LogP contribution is -2.35. The molecule has 5 heteroatoms. The maximum Gasteiger partial charge on any atom is 0.241 e. The molecule has 1 unspecified atom stereocenters. The Morgan fingerprint density at radius 2 is 2.17 bits per heavy atom. The summed E-state index contributed by atoms with van der Waals surface area (Å²) >= 11 is 1.59. The maximum atomic E-state index is 11.8. The molecule has 0 bridgehead atoms. The van der Waals surface area contributed by atoms with Crippen LogP contribution in [0.4, 0.5) is 0 Å². The molecule has 0 saturated heterocycles. The number of nitrogens with two attached hydrogens (primary N) is 1. The molecule has 0 saturated carbocycles. The first kappa shape index (κ1) is 12.7. The van der Waals surface area contributed by atoms with Crippen molar-refractivity contribution in [3.05, 3.63) is 52.5 Å². The third-order valence-electron chi connectivity index (χ3n) is 2.56. The van der Waals surface area contributed by atoms with Gasteiger partial charge in [-0.15, -0.1) is 11.3 Å². The van der Waals surface area contributed by atoms with Crippen LogP contribution in [0.5, 0.6) is 0 Å². The normalized spacial score (nSPS) is 12.1. The molecule has 2 rings (SSSR count). The van der Waals surface area contributed by atoms with Gasteiger partial charge in [-0.3, -0.25) is 4.79 Å². The Kier molecular flexibility index (Phi) is 4.44. The van der Waals surface area contributed by atoms with Gasteiger partial charge in [-0.25, -0.2) is 4.98 Å². The monoisotopic (exact) mass is 261 g/mol. The quantitative estimate of drug-likeness (QED) is 0.857. The molecule has 4 nitrogen and oxygen atoms in total. The summed E-state index contributed by atoms with van der Waals surface area (Å²) < 4.78 is 0. The fourth-order valence-corrected chi connectivity index (χ4v) is 2.21. The third-order valence-corrected chi connectivity index (χ3v) is 3.40. The van der Waals surface area contributed by atoms with Gasteiger partial charge in [0, 0.05) is 24.5 Å². The maximum absolute atomic E-state index is 11.8. The zero-order chi connectivity index (χ0) is 12.8. The van der Waals surface area contributed by atoms with Crippen LogP contribution in [0.25, 0.3) is 0 Å². The molecule has 0 spiro atoms. The third kappa shape index (κ3) is 3.38. The molecule has 1 aromatic carbocycles. The average Bonchev–Trinajstić information content (AvgIpc) is 2.92. The van der Waals surface area contributed by atoms with Crippen LogP contribution in [-0.2, 0) is 11.2 Å². The Morgan fingerprint density at radius 3 is 2.83 bits per heavy atom. The Balaban J connectivity index is 1.81. The number of rotatable bonds is 5. The van der Waals surface area contributed by atoms with Gasteiger partial charge in [0.05, 0.1) is 5.01 Å². The Bertz CT molecular complexity index is 484. The van der Waals surface area contributed by atoms with E-state index in [1.54, 1.807) is 17.5 Å². The van der Waals surface area contributed by atoms with Crippen molar-refractivity contribution < 1.29 is 4.79 Å². The highest BCUT2D eigenvalue weighted by atomic mass is 32.1. The zero-order valence-corrected chi connectivity index (χ0v) is 10.7. The van der Waals surface area contributed by atoms with E-state index in [1.807, 2.05) is 35.7 Å². The molecule has 0 radical (unpaired) electrons.